The van der Waals surface area contributed by atoms with Gasteiger partial charge < -0.3 is 20.1 Å². The van der Waals surface area contributed by atoms with E-state index in [4.69, 9.17) is 21.5 Å². The van der Waals surface area contributed by atoms with Crippen LogP contribution in [0.4, 0.5) is 26.3 Å². The highest BCUT2D eigenvalue weighted by Gasteiger charge is 2.59. The summed E-state index contributed by atoms with van der Waals surface area (Å²) in [5.74, 6) is -2.41. The first kappa shape index (κ1) is 38.3. The molecule has 2 aliphatic heterocycles. The lowest BCUT2D eigenvalue weighted by atomic mass is 9.64. The molecule has 1 aromatic carbocycles. The number of amides is 1. The summed E-state index contributed by atoms with van der Waals surface area (Å²) >= 11 is 6.25. The maximum atomic E-state index is 14.7. The van der Waals surface area contributed by atoms with E-state index in [-0.39, 0.29) is 29.4 Å². The molecule has 276 valence electrons. The quantitative estimate of drug-likeness (QED) is 0.356. The zero-order valence-electron chi connectivity index (χ0n) is 27.0. The number of nitrogens with zero attached hydrogens (tertiary/aromatic N) is 1. The maximum absolute atomic E-state index is 14.7. The number of aliphatic carboxylic acids is 1. The van der Waals surface area contributed by atoms with E-state index in [1.807, 2.05) is 10.8 Å². The van der Waals surface area contributed by atoms with Gasteiger partial charge in [-0.1, -0.05) is 49.6 Å². The number of likely N-dealkylation sites (tertiary alicyclic amines) is 1. The third-order valence-electron chi connectivity index (χ3n) is 10.8. The second-order valence-corrected chi connectivity index (χ2v) is 15.8. The molecule has 50 heavy (non-hydrogen) atoms. The van der Waals surface area contributed by atoms with E-state index in [1.165, 1.54) is 24.8 Å². The summed E-state index contributed by atoms with van der Waals surface area (Å²) in [7, 11) is -5.58. The Hall–Kier alpha value is -2.95. The zero-order valence-corrected chi connectivity index (χ0v) is 28.6. The number of hydrogen-bond acceptors (Lipinski definition) is 5. The molecule has 2 unspecified atom stereocenters. The lowest BCUT2D eigenvalue weighted by Crippen LogP contribution is -2.82. The molecule has 2 aromatic rings. The first-order valence-corrected chi connectivity index (χ1v) is 18.6. The number of carbonyl (C=O) groups is 2. The highest BCUT2D eigenvalue weighted by molar-refractivity contribution is 7.90. The van der Waals surface area contributed by atoms with Crippen molar-refractivity contribution in [1.29, 1.82) is 0 Å². The molecular weight excluding hydrogens is 714 g/mol. The van der Waals surface area contributed by atoms with Gasteiger partial charge in [-0.15, -0.1) is 0 Å². The topological polar surface area (TPSA) is 137 Å². The largest absolute Gasteiger partial charge is 0.542 e. The van der Waals surface area contributed by atoms with Gasteiger partial charge in [0, 0.05) is 24.2 Å². The Bertz CT molecular complexity index is 1640. The summed E-state index contributed by atoms with van der Waals surface area (Å²) in [6.07, 6.45) is 2.98. The molecule has 3 fully saturated rings. The third-order valence-corrected chi connectivity index (χ3v) is 12.2. The number of sulfonamides is 1. The number of piperidine rings is 1. The molecule has 0 bridgehead atoms. The van der Waals surface area contributed by atoms with Crippen LogP contribution in [0, 0.1) is 11.8 Å². The van der Waals surface area contributed by atoms with Crippen molar-refractivity contribution in [2.75, 3.05) is 19.6 Å². The van der Waals surface area contributed by atoms with Gasteiger partial charge in [0.2, 0.25) is 11.6 Å². The number of nitrogens with two attached hydrogens (primary N) is 1. The maximum Gasteiger partial charge on any atom is 0.511 e. The van der Waals surface area contributed by atoms with Gasteiger partial charge in [-0.05, 0) is 73.6 Å². The van der Waals surface area contributed by atoms with Crippen LogP contribution in [-0.4, -0.2) is 62.6 Å². The van der Waals surface area contributed by atoms with E-state index < -0.39 is 39.1 Å². The summed E-state index contributed by atoms with van der Waals surface area (Å²) in [5.41, 5.74) is -3.76. The predicted molar refractivity (Wildman–Crippen MR) is 166 cm³/mol. The Morgan fingerprint density at radius 1 is 0.980 bits per heavy atom. The van der Waals surface area contributed by atoms with E-state index in [0.29, 0.717) is 49.1 Å². The van der Waals surface area contributed by atoms with Crippen molar-refractivity contribution in [3.05, 3.63) is 64.4 Å². The van der Waals surface area contributed by atoms with E-state index in [0.717, 1.165) is 25.7 Å². The Morgan fingerprint density at radius 2 is 1.64 bits per heavy atom. The SMILES string of the molecule is O=C(C1C[NH2+]C[C@]12CCC(NS(=O)(=O)C(F)(F)F)c1[nH+]c(Cl)ccc12)N1CC[C@@H](c2ccccc2)C[C@H]1C1CCCCC1.O=C([O-])C(F)(F)F. The Morgan fingerprint density at radius 3 is 2.26 bits per heavy atom. The van der Waals surface area contributed by atoms with Crippen LogP contribution in [0.25, 0.3) is 0 Å². The molecule has 2 saturated heterocycles. The van der Waals surface area contributed by atoms with E-state index in [2.05, 4.69) is 39.5 Å². The number of nitrogens with one attached hydrogen (secondary N) is 2. The third kappa shape index (κ3) is 8.07. The van der Waals surface area contributed by atoms with Crippen molar-refractivity contribution in [2.24, 2.45) is 11.8 Å². The first-order valence-electron chi connectivity index (χ1n) is 16.7. The molecule has 9 nitrogen and oxygen atoms in total. The molecule has 17 heteroatoms. The number of aromatic amines is 1. The van der Waals surface area contributed by atoms with Gasteiger partial charge in [0.1, 0.15) is 17.9 Å². The molecule has 1 aromatic heterocycles. The highest BCUT2D eigenvalue weighted by Crippen LogP contribution is 2.48. The summed E-state index contributed by atoms with van der Waals surface area (Å²) in [6.45, 7) is 1.86. The summed E-state index contributed by atoms with van der Waals surface area (Å²) in [6, 6.07) is 13.0. The molecule has 3 heterocycles. The zero-order chi connectivity index (χ0) is 36.5. The van der Waals surface area contributed by atoms with Crippen LogP contribution in [0.1, 0.15) is 86.6 Å². The van der Waals surface area contributed by atoms with Crippen molar-refractivity contribution in [3.63, 3.8) is 0 Å². The van der Waals surface area contributed by atoms with Crippen molar-refractivity contribution >= 4 is 33.5 Å². The van der Waals surface area contributed by atoms with Crippen LogP contribution in [-0.2, 0) is 25.0 Å². The lowest BCUT2D eigenvalue weighted by Gasteiger charge is -2.47. The number of carbonyl (C=O) groups excluding carboxylic acids is 2. The van der Waals surface area contributed by atoms with E-state index in [1.54, 1.807) is 12.1 Å². The first-order chi connectivity index (χ1) is 23.4. The Labute approximate surface area is 291 Å². The highest BCUT2D eigenvalue weighted by atomic mass is 35.5. The number of carboxylic acid groups (broad SMARTS) is 1. The van der Waals surface area contributed by atoms with Gasteiger partial charge in [-0.2, -0.15) is 36.0 Å². The molecule has 5 atom stereocenters. The predicted octanol–water partition coefficient (Wildman–Crippen LogP) is 3.51. The van der Waals surface area contributed by atoms with Crippen molar-refractivity contribution in [1.82, 2.24) is 9.62 Å². The fourth-order valence-electron chi connectivity index (χ4n) is 8.50. The fraction of sp³-hybridized carbons (Fsp3) is 0.606. The number of H-pyrrole nitrogens is 1. The second-order valence-electron chi connectivity index (χ2n) is 13.6. The number of halogens is 7. The molecule has 6 rings (SSSR count). The number of carboxylic acids is 1. The normalized spacial score (nSPS) is 27.7. The molecule has 2 aliphatic carbocycles. The number of benzene rings is 1. The van der Waals surface area contributed by atoms with Gasteiger partial charge in [-0.3, -0.25) is 4.79 Å². The minimum absolute atomic E-state index is 0.117. The van der Waals surface area contributed by atoms with E-state index in [9.17, 15) is 39.6 Å². The van der Waals surface area contributed by atoms with E-state index >= 15 is 0 Å². The number of aromatic nitrogens is 1. The molecule has 0 radical (unpaired) electrons. The Kier molecular flexibility index (Phi) is 11.5. The summed E-state index contributed by atoms with van der Waals surface area (Å²) in [4.78, 5) is 28.6. The smallest absolute Gasteiger partial charge is 0.511 e. The fourth-order valence-corrected chi connectivity index (χ4v) is 9.41. The summed E-state index contributed by atoms with van der Waals surface area (Å²) < 4.78 is 97.4. The minimum atomic E-state index is -5.58. The van der Waals surface area contributed by atoms with Crippen LogP contribution in [0.5, 0.6) is 0 Å². The van der Waals surface area contributed by atoms with Crippen LogP contribution in [0.3, 0.4) is 0 Å². The standard InChI is InChI=1S/C31H38ClF3N4O3S.C2HF3O2/c32-27-12-11-23-28(37-27)25(38-43(41,42)31(33,34)35)13-15-30(23)19-36-18-24(30)29(40)39-16-14-22(20-7-3-1-4-8-20)17-26(39)21-9-5-2-6-10-21;3-2(4,5)1(6)7/h1,3-4,7-8,11-12,21-22,24-26,36,38H,2,5-6,9-10,13-19H2;(H,6,7)/p+1/t22-,24?,25?,26+,30+;/m1./s1. The Balaban J connectivity index is 0.000000630. The van der Waals surface area contributed by atoms with Crippen molar-refractivity contribution < 1.29 is 59.8 Å². The molecule has 1 saturated carbocycles. The van der Waals surface area contributed by atoms with Gasteiger partial charge in [0.25, 0.3) is 5.15 Å². The average Bonchev–Trinajstić information content (AvgIpc) is 3.49. The molecule has 4 aliphatic rings. The van der Waals surface area contributed by atoms with Crippen LogP contribution in [0.15, 0.2) is 42.5 Å². The van der Waals surface area contributed by atoms with Crippen LogP contribution >= 0.6 is 11.6 Å². The van der Waals surface area contributed by atoms with Crippen molar-refractivity contribution in [3.8, 4) is 0 Å². The molecule has 4 N–H and O–H groups in total. The molecular formula is C33H40ClF6N4O5S+. The van der Waals surface area contributed by atoms with Gasteiger partial charge in [0.15, 0.2) is 0 Å². The number of rotatable bonds is 5. The van der Waals surface area contributed by atoms with Gasteiger partial charge in [-0.25, -0.2) is 8.42 Å². The van der Waals surface area contributed by atoms with Crippen LogP contribution in [0.2, 0.25) is 5.15 Å². The lowest BCUT2D eigenvalue weighted by molar-refractivity contribution is -0.640. The van der Waals surface area contributed by atoms with Crippen molar-refractivity contribution in [2.45, 2.75) is 92.9 Å². The number of pyridine rings is 1. The van der Waals surface area contributed by atoms with Gasteiger partial charge in [0.05, 0.1) is 18.5 Å². The molecule has 1 spiro atoms. The minimum Gasteiger partial charge on any atom is -0.542 e. The number of fused-ring (bicyclic) bond motifs is 2. The number of quaternary nitrogens is 1. The van der Waals surface area contributed by atoms with Gasteiger partial charge >= 0.3 is 21.7 Å². The molecule has 1 amide bonds. The monoisotopic (exact) mass is 753 g/mol. The average molecular weight is 754 g/mol. The number of hydrogen-bond donors (Lipinski definition) is 2. The van der Waals surface area contributed by atoms with Crippen LogP contribution < -0.4 is 20.1 Å². The number of alkyl halides is 6. The summed E-state index contributed by atoms with van der Waals surface area (Å²) in [5, 5.41) is 11.1. The second kappa shape index (κ2) is 15.0.